The van der Waals surface area contributed by atoms with Crippen molar-refractivity contribution in [2.24, 2.45) is 5.16 Å². The predicted molar refractivity (Wildman–Crippen MR) is 48.2 cm³/mol. The first-order chi connectivity index (χ1) is 5.97. The third kappa shape index (κ3) is 1.47. The smallest absolute Gasteiger partial charge is 0.118 e. The summed E-state index contributed by atoms with van der Waals surface area (Å²) in [5, 5.41) is 3.81. The normalized spacial score (nSPS) is 21.8. The Morgan fingerprint density at radius 2 is 2.08 bits per heavy atom. The first kappa shape index (κ1) is 7.35. The van der Waals surface area contributed by atoms with Gasteiger partial charge in [0.15, 0.2) is 0 Å². The summed E-state index contributed by atoms with van der Waals surface area (Å²) in [4.78, 5) is 4.89. The summed E-state index contributed by atoms with van der Waals surface area (Å²) in [6.45, 7) is 0.732. The van der Waals surface area contributed by atoms with Crippen LogP contribution in [0.15, 0.2) is 35.5 Å². The predicted octanol–water partition coefficient (Wildman–Crippen LogP) is 2.18. The van der Waals surface area contributed by atoms with Crippen LogP contribution >= 0.6 is 0 Å². The monoisotopic (exact) mass is 161 g/mol. The molecular formula is C10H11NO. The van der Waals surface area contributed by atoms with Gasteiger partial charge in [0.05, 0.1) is 6.21 Å². The third-order valence-corrected chi connectivity index (χ3v) is 2.06. The van der Waals surface area contributed by atoms with Crippen LogP contribution in [0.1, 0.15) is 17.9 Å². The van der Waals surface area contributed by atoms with Crippen LogP contribution in [-0.2, 0) is 4.84 Å². The molecule has 1 aliphatic rings. The summed E-state index contributed by atoms with van der Waals surface area (Å²) in [5.41, 5.74) is 1.32. The minimum atomic E-state index is 0.444. The fourth-order valence-electron chi connectivity index (χ4n) is 1.38. The summed E-state index contributed by atoms with van der Waals surface area (Å²) in [7, 11) is 0. The number of rotatable bonds is 1. The second-order valence-electron chi connectivity index (χ2n) is 2.89. The molecule has 0 bridgehead atoms. The van der Waals surface area contributed by atoms with Gasteiger partial charge in [0.25, 0.3) is 0 Å². The van der Waals surface area contributed by atoms with Gasteiger partial charge in [-0.3, -0.25) is 0 Å². The Morgan fingerprint density at radius 3 is 2.75 bits per heavy atom. The summed E-state index contributed by atoms with van der Waals surface area (Å²) in [6, 6.07) is 10.4. The molecule has 62 valence electrons. The highest BCUT2D eigenvalue weighted by atomic mass is 16.6. The van der Waals surface area contributed by atoms with E-state index in [4.69, 9.17) is 4.84 Å². The largest absolute Gasteiger partial charge is 0.396 e. The lowest BCUT2D eigenvalue weighted by Crippen LogP contribution is -2.08. The van der Waals surface area contributed by atoms with E-state index in [0.717, 1.165) is 13.0 Å². The Hall–Kier alpha value is -1.31. The van der Waals surface area contributed by atoms with E-state index in [2.05, 4.69) is 29.4 Å². The summed E-state index contributed by atoms with van der Waals surface area (Å²) in [6.07, 6.45) is 2.91. The van der Waals surface area contributed by atoms with Crippen LogP contribution in [0.4, 0.5) is 0 Å². The van der Waals surface area contributed by atoms with E-state index in [0.29, 0.717) is 5.92 Å². The maximum Gasteiger partial charge on any atom is 0.118 e. The van der Waals surface area contributed by atoms with E-state index in [-0.39, 0.29) is 0 Å². The van der Waals surface area contributed by atoms with Crippen molar-refractivity contribution in [1.82, 2.24) is 0 Å². The van der Waals surface area contributed by atoms with E-state index in [1.54, 1.807) is 0 Å². The average molecular weight is 161 g/mol. The van der Waals surface area contributed by atoms with Crippen LogP contribution in [0, 0.1) is 0 Å². The molecule has 0 amide bonds. The molecule has 0 N–H and O–H groups in total. The van der Waals surface area contributed by atoms with Crippen LogP contribution in [0.3, 0.4) is 0 Å². The van der Waals surface area contributed by atoms with Crippen molar-refractivity contribution >= 4 is 6.21 Å². The Kier molecular flexibility index (Phi) is 2.08. The van der Waals surface area contributed by atoms with Crippen molar-refractivity contribution in [3.05, 3.63) is 35.9 Å². The number of nitrogens with zero attached hydrogens (tertiary/aromatic N) is 1. The van der Waals surface area contributed by atoms with Crippen LogP contribution < -0.4 is 0 Å². The maximum atomic E-state index is 4.89. The van der Waals surface area contributed by atoms with Gasteiger partial charge in [0.2, 0.25) is 0 Å². The number of oxime groups is 1. The lowest BCUT2D eigenvalue weighted by Gasteiger charge is -2.15. The highest BCUT2D eigenvalue weighted by Gasteiger charge is 2.11. The van der Waals surface area contributed by atoms with Gasteiger partial charge >= 0.3 is 0 Å². The Labute approximate surface area is 71.8 Å². The molecule has 0 aliphatic carbocycles. The SMILES string of the molecule is C1=NOCCC1c1ccccc1. The Bertz CT molecular complexity index is 268. The van der Waals surface area contributed by atoms with Crippen molar-refractivity contribution < 1.29 is 4.84 Å². The van der Waals surface area contributed by atoms with Gasteiger partial charge in [-0.1, -0.05) is 35.5 Å². The molecule has 1 heterocycles. The molecule has 0 spiro atoms. The van der Waals surface area contributed by atoms with Gasteiger partial charge in [0.1, 0.15) is 6.61 Å². The molecule has 0 aromatic heterocycles. The standard InChI is InChI=1S/C10H11NO/c1-2-4-9(5-3-1)10-6-7-12-11-8-10/h1-5,8,10H,6-7H2. The first-order valence-corrected chi connectivity index (χ1v) is 4.17. The van der Waals surface area contributed by atoms with Crippen LogP contribution in [0.5, 0.6) is 0 Å². The van der Waals surface area contributed by atoms with E-state index in [1.807, 2.05) is 12.3 Å². The minimum absolute atomic E-state index is 0.444. The topological polar surface area (TPSA) is 21.6 Å². The van der Waals surface area contributed by atoms with Gasteiger partial charge in [-0.25, -0.2) is 0 Å². The molecule has 0 fully saturated rings. The van der Waals surface area contributed by atoms with Gasteiger partial charge in [-0.05, 0) is 12.0 Å². The van der Waals surface area contributed by atoms with E-state index in [1.165, 1.54) is 5.56 Å². The van der Waals surface area contributed by atoms with Crippen LogP contribution in [0.2, 0.25) is 0 Å². The second-order valence-corrected chi connectivity index (χ2v) is 2.89. The molecule has 1 unspecified atom stereocenters. The van der Waals surface area contributed by atoms with Crippen molar-refractivity contribution in [1.29, 1.82) is 0 Å². The summed E-state index contributed by atoms with van der Waals surface area (Å²) in [5.74, 6) is 0.444. The highest BCUT2D eigenvalue weighted by molar-refractivity contribution is 5.67. The van der Waals surface area contributed by atoms with Crippen molar-refractivity contribution in [2.75, 3.05) is 6.61 Å². The maximum absolute atomic E-state index is 4.89. The fourth-order valence-corrected chi connectivity index (χ4v) is 1.38. The molecule has 0 radical (unpaired) electrons. The van der Waals surface area contributed by atoms with Crippen molar-refractivity contribution in [3.63, 3.8) is 0 Å². The molecule has 1 aromatic carbocycles. The summed E-state index contributed by atoms with van der Waals surface area (Å²) >= 11 is 0. The van der Waals surface area contributed by atoms with E-state index >= 15 is 0 Å². The van der Waals surface area contributed by atoms with Gasteiger partial charge in [-0.15, -0.1) is 0 Å². The molecule has 1 atom stereocenters. The molecule has 1 aliphatic heterocycles. The second kappa shape index (κ2) is 3.39. The number of hydrogen-bond donors (Lipinski definition) is 0. The zero-order valence-corrected chi connectivity index (χ0v) is 6.81. The average Bonchev–Trinajstić information content (AvgIpc) is 2.21. The van der Waals surface area contributed by atoms with Crippen LogP contribution in [-0.4, -0.2) is 12.8 Å². The number of benzene rings is 1. The molecule has 12 heavy (non-hydrogen) atoms. The first-order valence-electron chi connectivity index (χ1n) is 4.17. The molecule has 2 rings (SSSR count). The highest BCUT2D eigenvalue weighted by Crippen LogP contribution is 2.19. The molecular weight excluding hydrogens is 150 g/mol. The van der Waals surface area contributed by atoms with Gasteiger partial charge in [-0.2, -0.15) is 0 Å². The Morgan fingerprint density at radius 1 is 1.25 bits per heavy atom. The molecule has 2 heteroatoms. The molecule has 0 saturated carbocycles. The third-order valence-electron chi connectivity index (χ3n) is 2.06. The lowest BCUT2D eigenvalue weighted by molar-refractivity contribution is 0.129. The van der Waals surface area contributed by atoms with E-state index in [9.17, 15) is 0 Å². The molecule has 2 nitrogen and oxygen atoms in total. The lowest BCUT2D eigenvalue weighted by atomic mass is 9.97. The van der Waals surface area contributed by atoms with E-state index < -0.39 is 0 Å². The summed E-state index contributed by atoms with van der Waals surface area (Å²) < 4.78 is 0. The molecule has 1 aromatic rings. The molecule has 0 saturated heterocycles. The zero-order valence-electron chi connectivity index (χ0n) is 6.81. The quantitative estimate of drug-likeness (QED) is 0.618. The fraction of sp³-hybridized carbons (Fsp3) is 0.300. The van der Waals surface area contributed by atoms with Crippen molar-refractivity contribution in [3.8, 4) is 0 Å². The zero-order chi connectivity index (χ0) is 8.23. The van der Waals surface area contributed by atoms with Gasteiger partial charge < -0.3 is 4.84 Å². The van der Waals surface area contributed by atoms with Gasteiger partial charge in [0, 0.05) is 5.92 Å². The minimum Gasteiger partial charge on any atom is -0.396 e. The number of hydrogen-bond acceptors (Lipinski definition) is 2. The van der Waals surface area contributed by atoms with Crippen LogP contribution in [0.25, 0.3) is 0 Å². The Balaban J connectivity index is 2.19. The van der Waals surface area contributed by atoms with Crippen molar-refractivity contribution in [2.45, 2.75) is 12.3 Å².